The van der Waals surface area contributed by atoms with E-state index in [2.05, 4.69) is 33.9 Å². The van der Waals surface area contributed by atoms with E-state index in [1.165, 1.54) is 0 Å². The summed E-state index contributed by atoms with van der Waals surface area (Å²) >= 11 is 0. The molecule has 1 aliphatic rings. The van der Waals surface area contributed by atoms with Crippen LogP contribution in [-0.4, -0.2) is 26.6 Å². The van der Waals surface area contributed by atoms with Gasteiger partial charge in [-0.2, -0.15) is 0 Å². The van der Waals surface area contributed by atoms with E-state index in [0.717, 1.165) is 24.8 Å². The van der Waals surface area contributed by atoms with Gasteiger partial charge in [0.25, 0.3) is 0 Å². The lowest BCUT2D eigenvalue weighted by Crippen LogP contribution is -2.41. The molecule has 106 valence electrons. The maximum absolute atomic E-state index is 13.5. The zero-order valence-electron chi connectivity index (χ0n) is 12.3. The van der Waals surface area contributed by atoms with Crippen molar-refractivity contribution in [2.75, 3.05) is 13.2 Å². The van der Waals surface area contributed by atoms with Crippen molar-refractivity contribution in [3.63, 3.8) is 0 Å². The lowest BCUT2D eigenvalue weighted by molar-refractivity contribution is 0.241. The molecule has 0 aliphatic heterocycles. The van der Waals surface area contributed by atoms with Gasteiger partial charge in [0.15, 0.2) is 8.32 Å². The molecule has 0 heterocycles. The van der Waals surface area contributed by atoms with Gasteiger partial charge >= 0.3 is 0 Å². The second-order valence-electron chi connectivity index (χ2n) is 6.75. The highest BCUT2D eigenvalue weighted by atomic mass is 28.4. The molecule has 0 bridgehead atoms. The van der Waals surface area contributed by atoms with Gasteiger partial charge in [-0.1, -0.05) is 20.8 Å². The third-order valence-corrected chi connectivity index (χ3v) is 8.93. The van der Waals surface area contributed by atoms with Crippen LogP contribution in [0.4, 0.5) is 4.39 Å². The second-order valence-corrected chi connectivity index (χ2v) is 11.6. The first kappa shape index (κ1) is 15.9. The van der Waals surface area contributed by atoms with Crippen LogP contribution < -0.4 is 0 Å². The minimum absolute atomic E-state index is 0.172. The van der Waals surface area contributed by atoms with Crippen LogP contribution in [0.15, 0.2) is 11.4 Å². The molecule has 1 rings (SSSR count). The molecular weight excluding hydrogens is 247 g/mol. The number of hydrogen-bond donors (Lipinski definition) is 1. The van der Waals surface area contributed by atoms with Crippen molar-refractivity contribution in [3.8, 4) is 0 Å². The largest absolute Gasteiger partial charge is 0.416 e. The topological polar surface area (TPSA) is 29.5 Å². The summed E-state index contributed by atoms with van der Waals surface area (Å²) in [5.41, 5.74) is 0.788. The Balaban J connectivity index is 2.64. The lowest BCUT2D eigenvalue weighted by Gasteiger charge is -2.37. The Kier molecular flexibility index (Phi) is 5.15. The van der Waals surface area contributed by atoms with Gasteiger partial charge in [0.2, 0.25) is 0 Å². The van der Waals surface area contributed by atoms with E-state index >= 15 is 0 Å². The maximum atomic E-state index is 13.5. The molecule has 1 atom stereocenters. The van der Waals surface area contributed by atoms with Crippen molar-refractivity contribution in [1.29, 1.82) is 0 Å². The molecule has 4 heteroatoms. The average molecular weight is 274 g/mol. The quantitative estimate of drug-likeness (QED) is 0.784. The zero-order valence-corrected chi connectivity index (χ0v) is 13.3. The molecule has 1 unspecified atom stereocenters. The highest BCUT2D eigenvalue weighted by Gasteiger charge is 2.38. The van der Waals surface area contributed by atoms with Crippen LogP contribution in [0.2, 0.25) is 18.1 Å². The summed E-state index contributed by atoms with van der Waals surface area (Å²) in [6.07, 6.45) is 2.77. The predicted octanol–water partition coefficient (Wildman–Crippen LogP) is 4.02. The van der Waals surface area contributed by atoms with Gasteiger partial charge in [0.05, 0.1) is 6.61 Å². The molecule has 18 heavy (non-hydrogen) atoms. The molecule has 0 saturated heterocycles. The van der Waals surface area contributed by atoms with E-state index in [9.17, 15) is 4.39 Å². The molecule has 1 saturated carbocycles. The molecule has 0 spiro atoms. The number of aliphatic hydroxyl groups is 1. The van der Waals surface area contributed by atoms with Crippen LogP contribution in [-0.2, 0) is 4.43 Å². The molecular formula is C14H27FO2Si. The monoisotopic (exact) mass is 274 g/mol. The van der Waals surface area contributed by atoms with Crippen LogP contribution in [0, 0.1) is 5.92 Å². The molecule has 0 aromatic rings. The van der Waals surface area contributed by atoms with E-state index in [0.29, 0.717) is 6.61 Å². The Morgan fingerprint density at radius 2 is 2.06 bits per heavy atom. The summed E-state index contributed by atoms with van der Waals surface area (Å²) < 4.78 is 19.7. The van der Waals surface area contributed by atoms with Crippen LogP contribution in [0.3, 0.4) is 0 Å². The van der Waals surface area contributed by atoms with Crippen LogP contribution in [0.5, 0.6) is 0 Å². The molecule has 0 amide bonds. The Morgan fingerprint density at radius 3 is 2.56 bits per heavy atom. The smallest absolute Gasteiger partial charge is 0.192 e. The zero-order chi connectivity index (χ0) is 14.0. The number of aliphatic hydroxyl groups excluding tert-OH is 1. The highest BCUT2D eigenvalue weighted by molar-refractivity contribution is 6.74. The van der Waals surface area contributed by atoms with Crippen molar-refractivity contribution in [2.45, 2.75) is 58.2 Å². The first-order chi connectivity index (χ1) is 8.19. The molecule has 1 aliphatic carbocycles. The summed E-state index contributed by atoms with van der Waals surface area (Å²) in [7, 11) is -1.75. The van der Waals surface area contributed by atoms with Crippen LogP contribution >= 0.6 is 0 Å². The third-order valence-electron chi connectivity index (χ3n) is 4.43. The molecule has 1 fully saturated rings. The van der Waals surface area contributed by atoms with Crippen LogP contribution in [0.1, 0.15) is 40.0 Å². The van der Waals surface area contributed by atoms with Gasteiger partial charge in [0.1, 0.15) is 5.83 Å². The maximum Gasteiger partial charge on any atom is 0.192 e. The Hall–Kier alpha value is -0.193. The normalized spacial score (nSPS) is 24.5. The fraction of sp³-hybridized carbons (Fsp3) is 0.857. The van der Waals surface area contributed by atoms with Crippen molar-refractivity contribution in [1.82, 2.24) is 0 Å². The summed E-state index contributed by atoms with van der Waals surface area (Å²) in [6.45, 7) is 11.2. The molecule has 1 N–H and O–H groups in total. The molecule has 0 aromatic carbocycles. The Labute approximate surface area is 111 Å². The third kappa shape index (κ3) is 3.65. The Morgan fingerprint density at radius 1 is 1.44 bits per heavy atom. The van der Waals surface area contributed by atoms with E-state index in [4.69, 9.17) is 9.53 Å². The Bertz CT molecular complexity index is 318. The molecule has 0 aromatic heterocycles. The predicted molar refractivity (Wildman–Crippen MR) is 75.7 cm³/mol. The standard InChI is InChI=1S/C14H27FO2Si/c1-14(2,3)18(4,5)17-10-11-7-6-8-12(11)13(15)9-16/h11,16H,6-10H2,1-5H3/b13-12-. The van der Waals surface area contributed by atoms with Gasteiger partial charge < -0.3 is 9.53 Å². The summed E-state index contributed by atoms with van der Waals surface area (Å²) in [6, 6.07) is 0. The van der Waals surface area contributed by atoms with Crippen molar-refractivity contribution in [3.05, 3.63) is 11.4 Å². The SMILES string of the molecule is CC(C)(C)[Si](C)(C)OCC1CCC/C1=C(/F)CO. The van der Waals surface area contributed by atoms with E-state index in [1.54, 1.807) is 0 Å². The average Bonchev–Trinajstić information content (AvgIpc) is 2.72. The summed E-state index contributed by atoms with van der Waals surface area (Å²) in [5.74, 6) is -0.164. The number of hydrogen-bond acceptors (Lipinski definition) is 2. The lowest BCUT2D eigenvalue weighted by atomic mass is 10.0. The summed E-state index contributed by atoms with van der Waals surface area (Å²) in [4.78, 5) is 0. The van der Waals surface area contributed by atoms with E-state index in [-0.39, 0.29) is 16.8 Å². The minimum Gasteiger partial charge on any atom is -0.416 e. The van der Waals surface area contributed by atoms with Crippen molar-refractivity contribution in [2.24, 2.45) is 5.92 Å². The summed E-state index contributed by atoms with van der Waals surface area (Å²) in [5, 5.41) is 9.09. The fourth-order valence-electron chi connectivity index (χ4n) is 2.09. The van der Waals surface area contributed by atoms with Gasteiger partial charge in [-0.05, 0) is 43.0 Å². The van der Waals surface area contributed by atoms with Crippen molar-refractivity contribution >= 4 is 8.32 Å². The molecule has 0 radical (unpaired) electrons. The van der Waals surface area contributed by atoms with Gasteiger partial charge in [-0.3, -0.25) is 0 Å². The van der Waals surface area contributed by atoms with Crippen LogP contribution in [0.25, 0.3) is 0 Å². The minimum atomic E-state index is -1.75. The van der Waals surface area contributed by atoms with E-state index in [1.807, 2.05) is 0 Å². The van der Waals surface area contributed by atoms with Gasteiger partial charge in [-0.15, -0.1) is 0 Å². The van der Waals surface area contributed by atoms with Gasteiger partial charge in [-0.25, -0.2) is 4.39 Å². The molecule has 2 nitrogen and oxygen atoms in total. The van der Waals surface area contributed by atoms with Gasteiger partial charge in [0, 0.05) is 12.5 Å². The fourth-order valence-corrected chi connectivity index (χ4v) is 3.14. The first-order valence-electron chi connectivity index (χ1n) is 6.81. The highest BCUT2D eigenvalue weighted by Crippen LogP contribution is 2.39. The van der Waals surface area contributed by atoms with E-state index < -0.39 is 14.9 Å². The number of halogens is 1. The first-order valence-corrected chi connectivity index (χ1v) is 9.72. The second kappa shape index (κ2) is 5.84. The van der Waals surface area contributed by atoms with Crippen molar-refractivity contribution < 1.29 is 13.9 Å². The number of rotatable bonds is 4.